The third-order valence-electron chi connectivity index (χ3n) is 6.07. The Hall–Kier alpha value is -3.97. The van der Waals surface area contributed by atoms with Gasteiger partial charge in [-0.05, 0) is 42.5 Å². The molecule has 0 aliphatic carbocycles. The van der Waals surface area contributed by atoms with Crippen LogP contribution in [0.15, 0.2) is 71.3 Å². The summed E-state index contributed by atoms with van der Waals surface area (Å²) in [5.74, 6) is -0.971. The van der Waals surface area contributed by atoms with Gasteiger partial charge in [-0.1, -0.05) is 56.3 Å². The number of aryl methyl sites for hydroxylation is 2. The molecule has 34 heavy (non-hydrogen) atoms. The summed E-state index contributed by atoms with van der Waals surface area (Å²) in [5, 5.41) is 1.67. The minimum atomic E-state index is -1.80. The zero-order chi connectivity index (χ0) is 25.8. The summed E-state index contributed by atoms with van der Waals surface area (Å²) in [4.78, 5) is 3.68. The van der Waals surface area contributed by atoms with E-state index in [0.29, 0.717) is 22.5 Å². The molecule has 0 atom stereocenters. The zero-order valence-corrected chi connectivity index (χ0v) is 19.6. The molecule has 3 nitrogen and oxygen atoms in total. The van der Waals surface area contributed by atoms with Crippen LogP contribution in [0, 0.1) is 25.2 Å². The number of halogens is 1. The predicted molar refractivity (Wildman–Crippen MR) is 135 cm³/mol. The van der Waals surface area contributed by atoms with Crippen LogP contribution in [0.25, 0.3) is 49.2 Å². The molecule has 0 unspecified atom stereocenters. The highest BCUT2D eigenvalue weighted by atomic mass is 19.1. The molecule has 4 heteroatoms. The van der Waals surface area contributed by atoms with E-state index in [-0.39, 0.29) is 11.5 Å². The topological polar surface area (TPSA) is 21.4 Å². The summed E-state index contributed by atoms with van der Waals surface area (Å²) >= 11 is 0. The number of rotatable bonds is 4. The molecule has 0 amide bonds. The molecule has 5 rings (SSSR count). The molecule has 0 spiro atoms. The first-order chi connectivity index (χ1) is 17.1. The van der Waals surface area contributed by atoms with Crippen LogP contribution in [0.2, 0.25) is 0 Å². The van der Waals surface area contributed by atoms with E-state index in [0.717, 1.165) is 33.0 Å². The molecule has 0 N–H and O–H groups in total. The fourth-order valence-electron chi connectivity index (χ4n) is 4.53. The van der Waals surface area contributed by atoms with Crippen LogP contribution in [0.1, 0.15) is 27.7 Å². The van der Waals surface area contributed by atoms with E-state index in [1.807, 2.05) is 61.5 Å². The van der Waals surface area contributed by atoms with Crippen molar-refractivity contribution in [2.45, 2.75) is 27.1 Å². The molecular weight excluding hydrogens is 423 g/mol. The second-order valence-electron chi connectivity index (χ2n) is 8.91. The number of aromatic nitrogens is 1. The van der Waals surface area contributed by atoms with Gasteiger partial charge in [-0.3, -0.25) is 0 Å². The maximum Gasteiger partial charge on any atom is 0.219 e. The van der Waals surface area contributed by atoms with Gasteiger partial charge in [0, 0.05) is 25.1 Å². The van der Waals surface area contributed by atoms with E-state index in [4.69, 9.17) is 13.7 Å². The number of nitrogens with zero attached hydrogens (tertiary/aromatic N) is 2. The van der Waals surface area contributed by atoms with Crippen LogP contribution in [0.4, 0.5) is 10.1 Å². The van der Waals surface area contributed by atoms with Gasteiger partial charge in [0.25, 0.3) is 0 Å². The molecule has 0 fully saturated rings. The molecule has 0 bridgehead atoms. The average molecular weight is 452 g/mol. The van der Waals surface area contributed by atoms with Crippen molar-refractivity contribution in [3.8, 4) is 22.4 Å². The van der Waals surface area contributed by atoms with Crippen molar-refractivity contribution >= 4 is 27.6 Å². The molecule has 168 valence electrons. The second kappa shape index (κ2) is 8.43. The normalized spacial score (nSPS) is 12.7. The van der Waals surface area contributed by atoms with E-state index in [9.17, 15) is 0 Å². The largest absolute Gasteiger partial charge is 0.455 e. The van der Waals surface area contributed by atoms with Crippen molar-refractivity contribution < 1.29 is 16.1 Å². The summed E-state index contributed by atoms with van der Waals surface area (Å²) < 4.78 is 40.4. The molecule has 0 aliphatic heterocycles. The van der Waals surface area contributed by atoms with Crippen molar-refractivity contribution in [3.05, 3.63) is 95.2 Å². The molecule has 0 saturated carbocycles. The standard InChI is InChI=1S/C30H26FN2O/c1-18(2)13-21-17-33(5)27(16-26(21)31)28-19(3)11-12-23-25-15-22(32-4)14-24(29(25)34-30(23)28)20-9-7-6-8-10-20/h6-12,14-18H,13H2,1-3,5H3/q+1/i13D2. The van der Waals surface area contributed by atoms with Gasteiger partial charge in [0.2, 0.25) is 5.69 Å². The van der Waals surface area contributed by atoms with Gasteiger partial charge >= 0.3 is 0 Å². The summed E-state index contributed by atoms with van der Waals surface area (Å²) in [6.07, 6.45) is -0.264. The quantitative estimate of drug-likeness (QED) is 0.201. The van der Waals surface area contributed by atoms with Crippen LogP contribution in [-0.4, -0.2) is 0 Å². The van der Waals surface area contributed by atoms with Crippen molar-refractivity contribution in [1.29, 1.82) is 0 Å². The van der Waals surface area contributed by atoms with Crippen molar-refractivity contribution in [2.75, 3.05) is 0 Å². The molecule has 0 saturated heterocycles. The Morgan fingerprint density at radius 1 is 1.06 bits per heavy atom. The maximum atomic E-state index is 15.4. The first kappa shape index (κ1) is 19.5. The lowest BCUT2D eigenvalue weighted by Crippen LogP contribution is -2.32. The monoisotopic (exact) mass is 451 g/mol. The van der Waals surface area contributed by atoms with Gasteiger partial charge in [0.05, 0.1) is 17.7 Å². The number of pyridine rings is 1. The van der Waals surface area contributed by atoms with Gasteiger partial charge < -0.3 is 4.42 Å². The number of furan rings is 1. The lowest BCUT2D eigenvalue weighted by Gasteiger charge is -2.09. The molecule has 3 aromatic carbocycles. The molecule has 2 heterocycles. The molecule has 2 aromatic heterocycles. The van der Waals surface area contributed by atoms with Gasteiger partial charge in [-0.25, -0.2) is 13.8 Å². The maximum absolute atomic E-state index is 15.4. The third kappa shape index (κ3) is 3.64. The van der Waals surface area contributed by atoms with Crippen LogP contribution >= 0.6 is 0 Å². The minimum Gasteiger partial charge on any atom is -0.455 e. The Labute approximate surface area is 201 Å². The summed E-state index contributed by atoms with van der Waals surface area (Å²) in [5.41, 5.74) is 5.84. The summed E-state index contributed by atoms with van der Waals surface area (Å²) in [6, 6.07) is 18.8. The fraction of sp³-hybridized carbons (Fsp3) is 0.200. The van der Waals surface area contributed by atoms with Crippen LogP contribution in [-0.2, 0) is 13.4 Å². The fourth-order valence-corrected chi connectivity index (χ4v) is 4.53. The van der Waals surface area contributed by atoms with Gasteiger partial charge in [-0.15, -0.1) is 0 Å². The first-order valence-corrected chi connectivity index (χ1v) is 11.3. The van der Waals surface area contributed by atoms with Gasteiger partial charge in [-0.2, -0.15) is 0 Å². The van der Waals surface area contributed by atoms with E-state index in [1.165, 1.54) is 12.3 Å². The highest BCUT2D eigenvalue weighted by molar-refractivity contribution is 6.14. The Bertz CT molecular complexity index is 1680. The average Bonchev–Trinajstić information content (AvgIpc) is 3.23. The SMILES string of the molecule is [2H]C([2H])(c1c[n+](C)c(-c2c(C)ccc3c2oc2c(-c4ccccc4)cc([N+]#[C-])cc23)cc1F)C(C)C. The van der Waals surface area contributed by atoms with Crippen LogP contribution < -0.4 is 4.57 Å². The van der Waals surface area contributed by atoms with E-state index in [2.05, 4.69) is 4.85 Å². The first-order valence-electron chi connectivity index (χ1n) is 12.3. The smallest absolute Gasteiger partial charge is 0.219 e. The lowest BCUT2D eigenvalue weighted by molar-refractivity contribution is -0.661. The van der Waals surface area contributed by atoms with Crippen LogP contribution in [0.3, 0.4) is 0 Å². The molecule has 5 aromatic rings. The number of hydrogen-bond donors (Lipinski definition) is 0. The summed E-state index contributed by atoms with van der Waals surface area (Å²) in [7, 11) is 1.79. The van der Waals surface area contributed by atoms with Crippen molar-refractivity contribution in [2.24, 2.45) is 13.0 Å². The Morgan fingerprint density at radius 3 is 2.53 bits per heavy atom. The zero-order valence-electron chi connectivity index (χ0n) is 21.6. The third-order valence-corrected chi connectivity index (χ3v) is 6.07. The molecule has 0 radical (unpaired) electrons. The van der Waals surface area contributed by atoms with E-state index < -0.39 is 12.2 Å². The number of hydrogen-bond acceptors (Lipinski definition) is 1. The summed E-state index contributed by atoms with van der Waals surface area (Å²) in [6.45, 7) is 13.1. The van der Waals surface area contributed by atoms with Gasteiger partial charge in [0.15, 0.2) is 11.9 Å². The van der Waals surface area contributed by atoms with E-state index in [1.54, 1.807) is 25.5 Å². The predicted octanol–water partition coefficient (Wildman–Crippen LogP) is 7.94. The Balaban J connectivity index is 1.83. The molecule has 0 aliphatic rings. The van der Waals surface area contributed by atoms with Crippen molar-refractivity contribution in [3.63, 3.8) is 0 Å². The minimum absolute atomic E-state index is 0.0336. The second-order valence-corrected chi connectivity index (χ2v) is 8.91. The number of benzene rings is 3. The Morgan fingerprint density at radius 2 is 1.82 bits per heavy atom. The number of fused-ring (bicyclic) bond motifs is 3. The Kier molecular flexibility index (Phi) is 4.83. The molecular formula is C30H26FN2O+. The highest BCUT2D eigenvalue weighted by Crippen LogP contribution is 2.42. The van der Waals surface area contributed by atoms with Gasteiger partial charge in [0.1, 0.15) is 24.0 Å². The van der Waals surface area contributed by atoms with Crippen LogP contribution in [0.5, 0.6) is 0 Å². The van der Waals surface area contributed by atoms with E-state index >= 15 is 4.39 Å². The highest BCUT2D eigenvalue weighted by Gasteiger charge is 2.24. The lowest BCUT2D eigenvalue weighted by atomic mass is 9.97. The van der Waals surface area contributed by atoms with Crippen molar-refractivity contribution in [1.82, 2.24) is 0 Å².